The number of carboxylic acids is 1. The minimum Gasteiger partial charge on any atom is -0.481 e. The molecule has 17 heavy (non-hydrogen) atoms. The lowest BCUT2D eigenvalue weighted by Gasteiger charge is -2.26. The number of hydrogen-bond acceptors (Lipinski definition) is 2. The highest BCUT2D eigenvalue weighted by Gasteiger charge is 2.26. The zero-order valence-electron chi connectivity index (χ0n) is 10.1. The molecule has 2 rings (SSSR count). The van der Waals surface area contributed by atoms with Gasteiger partial charge in [-0.2, -0.15) is 0 Å². The van der Waals surface area contributed by atoms with Crippen molar-refractivity contribution in [2.75, 3.05) is 6.26 Å². The molecule has 0 unspecified atom stereocenters. The third-order valence-corrected chi connectivity index (χ3v) is 4.41. The lowest BCUT2D eigenvalue weighted by atomic mass is 9.79. The van der Waals surface area contributed by atoms with Gasteiger partial charge >= 0.3 is 5.97 Å². The largest absolute Gasteiger partial charge is 0.481 e. The first-order valence-corrected chi connectivity index (χ1v) is 7.30. The molecule has 0 saturated heterocycles. The zero-order chi connectivity index (χ0) is 12.3. The van der Waals surface area contributed by atoms with Crippen molar-refractivity contribution in [2.24, 2.45) is 5.92 Å². The summed E-state index contributed by atoms with van der Waals surface area (Å²) in [6.45, 7) is 0. The van der Waals surface area contributed by atoms with E-state index in [1.807, 2.05) is 0 Å². The van der Waals surface area contributed by atoms with Crippen molar-refractivity contribution in [2.45, 2.75) is 36.5 Å². The van der Waals surface area contributed by atoms with Crippen LogP contribution in [0.25, 0.3) is 0 Å². The summed E-state index contributed by atoms with van der Waals surface area (Å²) in [5.41, 5.74) is 1.37. The molecule has 0 bridgehead atoms. The van der Waals surface area contributed by atoms with Crippen LogP contribution in [0, 0.1) is 5.92 Å². The van der Waals surface area contributed by atoms with Gasteiger partial charge < -0.3 is 5.11 Å². The van der Waals surface area contributed by atoms with Crippen molar-refractivity contribution < 1.29 is 9.90 Å². The van der Waals surface area contributed by atoms with Crippen LogP contribution in [0.4, 0.5) is 0 Å². The second-order valence-corrected chi connectivity index (χ2v) is 5.54. The molecule has 0 atom stereocenters. The average molecular weight is 250 g/mol. The second-order valence-electron chi connectivity index (χ2n) is 4.66. The van der Waals surface area contributed by atoms with Gasteiger partial charge in [-0.15, -0.1) is 11.8 Å². The van der Waals surface area contributed by atoms with Gasteiger partial charge in [0.2, 0.25) is 0 Å². The summed E-state index contributed by atoms with van der Waals surface area (Å²) in [6.07, 6.45) is 5.74. The fourth-order valence-corrected chi connectivity index (χ4v) is 2.96. The third kappa shape index (κ3) is 3.03. The summed E-state index contributed by atoms with van der Waals surface area (Å²) in [7, 11) is 0. The number of carbonyl (C=O) groups is 1. The van der Waals surface area contributed by atoms with Gasteiger partial charge in [-0.05, 0) is 55.6 Å². The van der Waals surface area contributed by atoms with Gasteiger partial charge in [0.1, 0.15) is 0 Å². The van der Waals surface area contributed by atoms with Gasteiger partial charge in [0.15, 0.2) is 0 Å². The molecular weight excluding hydrogens is 232 g/mol. The van der Waals surface area contributed by atoms with E-state index in [1.165, 1.54) is 10.5 Å². The van der Waals surface area contributed by atoms with E-state index in [-0.39, 0.29) is 5.92 Å². The summed E-state index contributed by atoms with van der Waals surface area (Å²) in [4.78, 5) is 12.2. The Morgan fingerprint density at radius 2 is 1.76 bits per heavy atom. The van der Waals surface area contributed by atoms with Crippen LogP contribution in [-0.2, 0) is 4.79 Å². The maximum absolute atomic E-state index is 10.9. The Kier molecular flexibility index (Phi) is 4.11. The van der Waals surface area contributed by atoms with E-state index in [0.29, 0.717) is 5.92 Å². The molecule has 1 aliphatic rings. The van der Waals surface area contributed by atoms with Crippen LogP contribution in [0.5, 0.6) is 0 Å². The molecule has 92 valence electrons. The van der Waals surface area contributed by atoms with Crippen LogP contribution in [0.3, 0.4) is 0 Å². The van der Waals surface area contributed by atoms with Crippen LogP contribution in [-0.4, -0.2) is 17.3 Å². The Hall–Kier alpha value is -0.960. The van der Waals surface area contributed by atoms with Crippen LogP contribution in [0.1, 0.15) is 37.2 Å². The quantitative estimate of drug-likeness (QED) is 0.830. The first-order valence-electron chi connectivity index (χ1n) is 6.07. The minimum absolute atomic E-state index is 0.114. The molecule has 0 aliphatic heterocycles. The van der Waals surface area contributed by atoms with Gasteiger partial charge in [-0.25, -0.2) is 0 Å². The highest BCUT2D eigenvalue weighted by atomic mass is 32.2. The summed E-state index contributed by atoms with van der Waals surface area (Å²) in [6, 6.07) is 8.70. The first-order chi connectivity index (χ1) is 8.20. The third-order valence-electron chi connectivity index (χ3n) is 3.66. The number of rotatable bonds is 3. The molecule has 1 aliphatic carbocycles. The van der Waals surface area contributed by atoms with Crippen LogP contribution in [0.2, 0.25) is 0 Å². The highest BCUT2D eigenvalue weighted by Crippen LogP contribution is 2.36. The molecule has 1 N–H and O–H groups in total. The van der Waals surface area contributed by atoms with Crippen molar-refractivity contribution in [3.05, 3.63) is 29.8 Å². The Labute approximate surface area is 106 Å². The number of thioether (sulfide) groups is 1. The molecule has 3 heteroatoms. The van der Waals surface area contributed by atoms with Gasteiger partial charge in [-0.1, -0.05) is 12.1 Å². The normalized spacial score (nSPS) is 24.5. The maximum atomic E-state index is 10.9. The Morgan fingerprint density at radius 1 is 1.18 bits per heavy atom. The molecule has 0 radical (unpaired) electrons. The Balaban J connectivity index is 1.97. The van der Waals surface area contributed by atoms with Crippen LogP contribution >= 0.6 is 11.8 Å². The molecule has 1 fully saturated rings. The molecule has 0 spiro atoms. The Bertz CT molecular complexity index is 378. The van der Waals surface area contributed by atoms with E-state index in [0.717, 1.165) is 25.7 Å². The SMILES string of the molecule is CSc1ccc(C2CCC(C(=O)O)CC2)cc1. The second kappa shape index (κ2) is 5.58. The van der Waals surface area contributed by atoms with Crippen molar-refractivity contribution in [1.82, 2.24) is 0 Å². The molecule has 0 aromatic heterocycles. The van der Waals surface area contributed by atoms with E-state index < -0.39 is 5.97 Å². The van der Waals surface area contributed by atoms with E-state index in [1.54, 1.807) is 11.8 Å². The standard InChI is InChI=1S/C14H18O2S/c1-17-13-8-6-11(7-9-13)10-2-4-12(5-3-10)14(15)16/h6-10,12H,2-5H2,1H3,(H,15,16). The van der Waals surface area contributed by atoms with Gasteiger partial charge in [0, 0.05) is 4.90 Å². The van der Waals surface area contributed by atoms with Crippen LogP contribution < -0.4 is 0 Å². The summed E-state index contributed by atoms with van der Waals surface area (Å²) >= 11 is 1.75. The molecule has 1 aromatic carbocycles. The number of hydrogen-bond donors (Lipinski definition) is 1. The fourth-order valence-electron chi connectivity index (χ4n) is 2.55. The number of aliphatic carboxylic acids is 1. The van der Waals surface area contributed by atoms with Crippen molar-refractivity contribution in [3.8, 4) is 0 Å². The molecule has 1 aromatic rings. The average Bonchev–Trinajstić information content (AvgIpc) is 2.39. The minimum atomic E-state index is -0.624. The lowest BCUT2D eigenvalue weighted by Crippen LogP contribution is -2.20. The molecule has 2 nitrogen and oxygen atoms in total. The van der Waals surface area contributed by atoms with Crippen molar-refractivity contribution in [1.29, 1.82) is 0 Å². The monoisotopic (exact) mass is 250 g/mol. The number of benzene rings is 1. The molecular formula is C14H18O2S. The lowest BCUT2D eigenvalue weighted by molar-refractivity contribution is -0.142. The topological polar surface area (TPSA) is 37.3 Å². The van der Waals surface area contributed by atoms with Gasteiger partial charge in [0.25, 0.3) is 0 Å². The van der Waals surface area contributed by atoms with Crippen molar-refractivity contribution in [3.63, 3.8) is 0 Å². The Morgan fingerprint density at radius 3 is 2.24 bits per heavy atom. The predicted octanol–water partition coefficient (Wildman–Crippen LogP) is 3.77. The van der Waals surface area contributed by atoms with E-state index in [4.69, 9.17) is 5.11 Å². The summed E-state index contributed by atoms with van der Waals surface area (Å²) < 4.78 is 0. The van der Waals surface area contributed by atoms with E-state index >= 15 is 0 Å². The van der Waals surface area contributed by atoms with Crippen molar-refractivity contribution >= 4 is 17.7 Å². The highest BCUT2D eigenvalue weighted by molar-refractivity contribution is 7.98. The maximum Gasteiger partial charge on any atom is 0.306 e. The number of carboxylic acid groups (broad SMARTS) is 1. The molecule has 0 heterocycles. The fraction of sp³-hybridized carbons (Fsp3) is 0.500. The summed E-state index contributed by atoms with van der Waals surface area (Å²) in [5.74, 6) is -0.181. The molecule has 0 amide bonds. The van der Waals surface area contributed by atoms with E-state index in [9.17, 15) is 4.79 Å². The summed E-state index contributed by atoms with van der Waals surface area (Å²) in [5, 5.41) is 8.96. The van der Waals surface area contributed by atoms with Crippen LogP contribution in [0.15, 0.2) is 29.2 Å². The molecule has 1 saturated carbocycles. The zero-order valence-corrected chi connectivity index (χ0v) is 10.9. The predicted molar refractivity (Wildman–Crippen MR) is 70.6 cm³/mol. The van der Waals surface area contributed by atoms with E-state index in [2.05, 4.69) is 30.5 Å². The van der Waals surface area contributed by atoms with Gasteiger partial charge in [-0.3, -0.25) is 4.79 Å². The van der Waals surface area contributed by atoms with Gasteiger partial charge in [0.05, 0.1) is 5.92 Å². The first kappa shape index (κ1) is 12.5. The smallest absolute Gasteiger partial charge is 0.306 e.